The van der Waals surface area contributed by atoms with Crippen molar-refractivity contribution in [1.29, 1.82) is 0 Å². The molecule has 2 rings (SSSR count). The molecule has 0 saturated carbocycles. The van der Waals surface area contributed by atoms with E-state index in [4.69, 9.17) is 9.02 Å². The number of hydrogen-bond donors (Lipinski definition) is 0. The minimum Gasteiger partial charge on any atom is -0.373 e. The molecule has 0 aliphatic carbocycles. The van der Waals surface area contributed by atoms with Gasteiger partial charge in [-0.2, -0.15) is 17.8 Å². The number of aryl methyl sites for hydroxylation is 1. The molecule has 2 unspecified atom stereocenters. The van der Waals surface area contributed by atoms with E-state index in [1.165, 1.54) is 11.1 Å². The average molecular weight is 285 g/mol. The number of ether oxygens (including phenoxy) is 1. The van der Waals surface area contributed by atoms with Crippen molar-refractivity contribution in [2.45, 2.75) is 37.9 Å². The Hall–Kier alpha value is -0.950. The number of rotatable bonds is 3. The van der Waals surface area contributed by atoms with E-state index >= 15 is 0 Å². The van der Waals surface area contributed by atoms with Crippen LogP contribution in [0.2, 0.25) is 0 Å². The lowest BCUT2D eigenvalue weighted by molar-refractivity contribution is -0.166. The van der Waals surface area contributed by atoms with Gasteiger partial charge in [-0.05, 0) is 38.5 Å². The van der Waals surface area contributed by atoms with E-state index in [2.05, 4.69) is 0 Å². The molecule has 1 heterocycles. The highest BCUT2D eigenvalue weighted by atomic mass is 32.2. The van der Waals surface area contributed by atoms with E-state index < -0.39 is 10.1 Å². The summed E-state index contributed by atoms with van der Waals surface area (Å²) < 4.78 is 35.0. The van der Waals surface area contributed by atoms with Gasteiger partial charge < -0.3 is 4.74 Å². The van der Waals surface area contributed by atoms with Crippen LogP contribution < -0.4 is 0 Å². The van der Waals surface area contributed by atoms with Gasteiger partial charge in [-0.15, -0.1) is 0 Å². The van der Waals surface area contributed by atoms with Crippen molar-refractivity contribution in [3.8, 4) is 0 Å². The zero-order chi connectivity index (χ0) is 14.0. The minimum atomic E-state index is -3.76. The predicted molar refractivity (Wildman–Crippen MR) is 71.0 cm³/mol. The van der Waals surface area contributed by atoms with Gasteiger partial charge in [-0.1, -0.05) is 12.1 Å². The Balaban J connectivity index is 2.13. The van der Waals surface area contributed by atoms with Crippen LogP contribution in [0.5, 0.6) is 0 Å². The maximum Gasteiger partial charge on any atom is 0.313 e. The van der Waals surface area contributed by atoms with E-state index in [9.17, 15) is 8.42 Å². The minimum absolute atomic E-state index is 0.0449. The van der Waals surface area contributed by atoms with Gasteiger partial charge in [0, 0.05) is 0 Å². The Morgan fingerprint density at radius 2 is 1.89 bits per heavy atom. The van der Waals surface area contributed by atoms with E-state index in [-0.39, 0.29) is 17.1 Å². The number of morpholine rings is 1. The van der Waals surface area contributed by atoms with Crippen molar-refractivity contribution >= 4 is 10.1 Å². The van der Waals surface area contributed by atoms with E-state index in [1.807, 2.05) is 26.8 Å². The number of nitrogens with zero attached hydrogens (tertiary/aromatic N) is 1. The summed E-state index contributed by atoms with van der Waals surface area (Å²) in [5.41, 5.74) is 0.883. The molecule has 2 atom stereocenters. The van der Waals surface area contributed by atoms with Crippen LogP contribution in [0.1, 0.15) is 19.4 Å². The Morgan fingerprint density at radius 1 is 1.26 bits per heavy atom. The standard InChI is InChI=1S/C13H19NO4S/c1-10-5-4-6-13(7-10)19(15,16)18-14-8-11(2)17-12(3)9-14/h4-7,11-12H,8-9H2,1-3H3. The molecule has 0 radical (unpaired) electrons. The fourth-order valence-corrected chi connectivity index (χ4v) is 3.21. The van der Waals surface area contributed by atoms with Crippen LogP contribution in [0, 0.1) is 6.92 Å². The highest BCUT2D eigenvalue weighted by Gasteiger charge is 2.28. The lowest BCUT2D eigenvalue weighted by atomic mass is 10.2. The first-order valence-electron chi connectivity index (χ1n) is 6.28. The lowest BCUT2D eigenvalue weighted by Crippen LogP contribution is -2.46. The average Bonchev–Trinajstić information content (AvgIpc) is 2.26. The van der Waals surface area contributed by atoms with E-state index in [0.29, 0.717) is 13.1 Å². The Morgan fingerprint density at radius 3 is 2.47 bits per heavy atom. The van der Waals surface area contributed by atoms with Gasteiger partial charge in [-0.25, -0.2) is 0 Å². The summed E-state index contributed by atoms with van der Waals surface area (Å²) in [5, 5.41) is 1.45. The third-order valence-corrected chi connectivity index (χ3v) is 4.11. The van der Waals surface area contributed by atoms with Gasteiger partial charge in [0.05, 0.1) is 30.2 Å². The number of hydroxylamine groups is 2. The fourth-order valence-electron chi connectivity index (χ4n) is 2.14. The fraction of sp³-hybridized carbons (Fsp3) is 0.538. The maximum atomic E-state index is 12.2. The summed E-state index contributed by atoms with van der Waals surface area (Å²) in [5.74, 6) is 0. The lowest BCUT2D eigenvalue weighted by Gasteiger charge is -2.33. The zero-order valence-corrected chi connectivity index (χ0v) is 12.2. The highest BCUT2D eigenvalue weighted by Crippen LogP contribution is 2.18. The first-order valence-corrected chi connectivity index (χ1v) is 7.69. The molecule has 1 saturated heterocycles. The molecule has 5 nitrogen and oxygen atoms in total. The molecule has 0 bridgehead atoms. The molecule has 1 aliphatic rings. The first kappa shape index (κ1) is 14.5. The molecule has 0 aromatic heterocycles. The van der Waals surface area contributed by atoms with Gasteiger partial charge in [0.15, 0.2) is 0 Å². The normalized spacial score (nSPS) is 25.4. The Bertz CT molecular complexity index is 533. The van der Waals surface area contributed by atoms with Crippen LogP contribution in [0.3, 0.4) is 0 Å². The van der Waals surface area contributed by atoms with Crippen molar-refractivity contribution in [1.82, 2.24) is 5.06 Å². The van der Waals surface area contributed by atoms with Gasteiger partial charge in [0.25, 0.3) is 0 Å². The van der Waals surface area contributed by atoms with Crippen LogP contribution in [-0.4, -0.2) is 38.8 Å². The predicted octanol–water partition coefficient (Wildman–Crippen LogP) is 1.72. The number of hydrogen-bond acceptors (Lipinski definition) is 5. The van der Waals surface area contributed by atoms with Crippen LogP contribution >= 0.6 is 0 Å². The second-order valence-corrected chi connectivity index (χ2v) is 6.48. The quantitative estimate of drug-likeness (QED) is 0.846. The molecular formula is C13H19NO4S. The van der Waals surface area contributed by atoms with Gasteiger partial charge in [-0.3, -0.25) is 0 Å². The van der Waals surface area contributed by atoms with Gasteiger partial charge in [0.1, 0.15) is 0 Å². The van der Waals surface area contributed by atoms with Gasteiger partial charge >= 0.3 is 10.1 Å². The van der Waals surface area contributed by atoms with Crippen molar-refractivity contribution in [3.05, 3.63) is 29.8 Å². The first-order chi connectivity index (χ1) is 8.87. The summed E-state index contributed by atoms with van der Waals surface area (Å²) in [6.07, 6.45) is -0.0899. The SMILES string of the molecule is Cc1cccc(S(=O)(=O)ON2CC(C)OC(C)C2)c1. The summed E-state index contributed by atoms with van der Waals surface area (Å²) >= 11 is 0. The van der Waals surface area contributed by atoms with E-state index in [1.54, 1.807) is 12.1 Å². The highest BCUT2D eigenvalue weighted by molar-refractivity contribution is 7.86. The van der Waals surface area contributed by atoms with Crippen molar-refractivity contribution in [2.24, 2.45) is 0 Å². The summed E-state index contributed by atoms with van der Waals surface area (Å²) in [6.45, 7) is 6.51. The third-order valence-electron chi connectivity index (χ3n) is 2.87. The van der Waals surface area contributed by atoms with Crippen molar-refractivity contribution in [3.63, 3.8) is 0 Å². The number of benzene rings is 1. The van der Waals surface area contributed by atoms with Crippen LogP contribution in [0.4, 0.5) is 0 Å². The largest absolute Gasteiger partial charge is 0.373 e. The van der Waals surface area contributed by atoms with Crippen molar-refractivity contribution in [2.75, 3.05) is 13.1 Å². The topological polar surface area (TPSA) is 55.8 Å². The van der Waals surface area contributed by atoms with Crippen LogP contribution in [-0.2, 0) is 19.1 Å². The molecule has 1 aromatic rings. The third kappa shape index (κ3) is 3.76. The zero-order valence-electron chi connectivity index (χ0n) is 11.4. The smallest absolute Gasteiger partial charge is 0.313 e. The molecular weight excluding hydrogens is 266 g/mol. The summed E-state index contributed by atoms with van der Waals surface area (Å²) in [7, 11) is -3.76. The molecule has 0 amide bonds. The summed E-state index contributed by atoms with van der Waals surface area (Å²) in [6, 6.07) is 6.69. The molecule has 1 aliphatic heterocycles. The second kappa shape index (κ2) is 5.58. The van der Waals surface area contributed by atoms with E-state index in [0.717, 1.165) is 5.56 Å². The molecule has 1 fully saturated rings. The Kier molecular flexibility index (Phi) is 4.25. The molecule has 6 heteroatoms. The van der Waals surface area contributed by atoms with Crippen LogP contribution in [0.15, 0.2) is 29.2 Å². The Labute approximate surface area is 114 Å². The second-order valence-electron chi connectivity index (χ2n) is 4.95. The molecule has 1 aromatic carbocycles. The molecule has 106 valence electrons. The van der Waals surface area contributed by atoms with Gasteiger partial charge in [0.2, 0.25) is 0 Å². The molecule has 0 N–H and O–H groups in total. The monoisotopic (exact) mass is 285 g/mol. The van der Waals surface area contributed by atoms with Crippen LogP contribution in [0.25, 0.3) is 0 Å². The molecule has 0 spiro atoms. The molecule has 19 heavy (non-hydrogen) atoms. The summed E-state index contributed by atoms with van der Waals surface area (Å²) in [4.78, 5) is 0.180. The van der Waals surface area contributed by atoms with Crippen molar-refractivity contribution < 1.29 is 17.4 Å². The maximum absolute atomic E-state index is 12.2.